The van der Waals surface area contributed by atoms with E-state index < -0.39 is 0 Å². The minimum absolute atomic E-state index is 0.00907. The standard InChI is InChI=1S/C23H28N4O3S/c1-16-12-19(30-2)6-7-20(16)25-21(28)8-5-17-4-3-9-26(14-17)22(29)13-18-15-27-10-11-31-23(27)24-18/h6-7,10-12,15,17H,3-5,8-9,13-14H2,1-2H3,(H,25,28)/t17-/m1/s1. The Morgan fingerprint density at radius 3 is 3.00 bits per heavy atom. The molecule has 7 nitrogen and oxygen atoms in total. The molecule has 8 heteroatoms. The fraction of sp³-hybridized carbons (Fsp3) is 0.435. The Bertz CT molecular complexity index is 1050. The van der Waals surface area contributed by atoms with E-state index in [1.165, 1.54) is 0 Å². The zero-order valence-corrected chi connectivity index (χ0v) is 18.8. The van der Waals surface area contributed by atoms with Gasteiger partial charge in [0.2, 0.25) is 11.8 Å². The van der Waals surface area contributed by atoms with Crippen LogP contribution < -0.4 is 10.1 Å². The van der Waals surface area contributed by atoms with Crippen LogP contribution in [0, 0.1) is 12.8 Å². The van der Waals surface area contributed by atoms with Gasteiger partial charge in [0.05, 0.1) is 19.2 Å². The van der Waals surface area contributed by atoms with E-state index in [0.29, 0.717) is 18.8 Å². The number of imidazole rings is 1. The Morgan fingerprint density at radius 2 is 2.23 bits per heavy atom. The molecule has 0 spiro atoms. The van der Waals surface area contributed by atoms with E-state index in [1.807, 2.05) is 52.2 Å². The van der Waals surface area contributed by atoms with Crippen molar-refractivity contribution in [1.29, 1.82) is 0 Å². The van der Waals surface area contributed by atoms with Gasteiger partial charge < -0.3 is 15.0 Å². The number of aromatic nitrogens is 2. The Hall–Kier alpha value is -2.87. The number of hydrogen-bond donors (Lipinski definition) is 1. The first-order chi connectivity index (χ1) is 15.0. The number of amides is 2. The lowest BCUT2D eigenvalue weighted by atomic mass is 9.93. The van der Waals surface area contributed by atoms with Gasteiger partial charge in [-0.15, -0.1) is 11.3 Å². The molecular formula is C23H28N4O3S. The van der Waals surface area contributed by atoms with Crippen molar-refractivity contribution in [1.82, 2.24) is 14.3 Å². The highest BCUT2D eigenvalue weighted by Gasteiger charge is 2.24. The van der Waals surface area contributed by atoms with E-state index in [1.54, 1.807) is 18.4 Å². The highest BCUT2D eigenvalue weighted by atomic mass is 32.1. The van der Waals surface area contributed by atoms with Gasteiger partial charge in [0, 0.05) is 43.0 Å². The van der Waals surface area contributed by atoms with Crippen molar-refractivity contribution in [3.63, 3.8) is 0 Å². The lowest BCUT2D eigenvalue weighted by molar-refractivity contribution is -0.132. The van der Waals surface area contributed by atoms with Crippen LogP contribution in [-0.4, -0.2) is 46.3 Å². The maximum Gasteiger partial charge on any atom is 0.228 e. The zero-order valence-electron chi connectivity index (χ0n) is 18.0. The van der Waals surface area contributed by atoms with Crippen LogP contribution in [0.25, 0.3) is 4.96 Å². The number of rotatable bonds is 7. The fourth-order valence-electron chi connectivity index (χ4n) is 4.11. The number of nitrogens with one attached hydrogen (secondary N) is 1. The quantitative estimate of drug-likeness (QED) is 0.604. The minimum atomic E-state index is 0.00907. The average Bonchev–Trinajstić information content (AvgIpc) is 3.35. The Kier molecular flexibility index (Phi) is 6.56. The van der Waals surface area contributed by atoms with Gasteiger partial charge in [0.1, 0.15) is 5.75 Å². The van der Waals surface area contributed by atoms with Gasteiger partial charge in [-0.25, -0.2) is 4.98 Å². The smallest absolute Gasteiger partial charge is 0.228 e. The van der Waals surface area contributed by atoms with E-state index >= 15 is 0 Å². The van der Waals surface area contributed by atoms with E-state index in [-0.39, 0.29) is 11.8 Å². The maximum absolute atomic E-state index is 12.8. The molecule has 0 radical (unpaired) electrons. The number of benzene rings is 1. The molecule has 3 heterocycles. The lowest BCUT2D eigenvalue weighted by Crippen LogP contribution is -2.41. The number of methoxy groups -OCH3 is 1. The van der Waals surface area contributed by atoms with Gasteiger partial charge in [-0.05, 0) is 55.9 Å². The Balaban J connectivity index is 1.26. The summed E-state index contributed by atoms with van der Waals surface area (Å²) >= 11 is 1.57. The second-order valence-electron chi connectivity index (χ2n) is 8.12. The highest BCUT2D eigenvalue weighted by Crippen LogP contribution is 2.24. The minimum Gasteiger partial charge on any atom is -0.497 e. The van der Waals surface area contributed by atoms with E-state index in [0.717, 1.165) is 60.0 Å². The number of piperidine rings is 1. The molecule has 1 aromatic carbocycles. The number of fused-ring (bicyclic) bond motifs is 1. The van der Waals surface area contributed by atoms with Crippen LogP contribution in [0.2, 0.25) is 0 Å². The molecule has 31 heavy (non-hydrogen) atoms. The summed E-state index contributed by atoms with van der Waals surface area (Å²) in [6.07, 6.45) is 7.48. The molecule has 2 amide bonds. The third kappa shape index (κ3) is 5.25. The predicted octanol–water partition coefficient (Wildman–Crippen LogP) is 3.91. The molecule has 1 saturated heterocycles. The first kappa shape index (κ1) is 21.4. The number of anilines is 1. The maximum atomic E-state index is 12.8. The number of carbonyl (C=O) groups excluding carboxylic acids is 2. The molecular weight excluding hydrogens is 412 g/mol. The molecule has 0 saturated carbocycles. The van der Waals surface area contributed by atoms with Crippen molar-refractivity contribution >= 4 is 33.8 Å². The molecule has 1 N–H and O–H groups in total. The van der Waals surface area contributed by atoms with Crippen LogP contribution in [0.15, 0.2) is 36.0 Å². The average molecular weight is 441 g/mol. The molecule has 0 aliphatic carbocycles. The van der Waals surface area contributed by atoms with Crippen LogP contribution in [0.3, 0.4) is 0 Å². The normalized spacial score (nSPS) is 16.5. The largest absolute Gasteiger partial charge is 0.497 e. The van der Waals surface area contributed by atoms with Crippen molar-refractivity contribution in [2.24, 2.45) is 5.92 Å². The van der Waals surface area contributed by atoms with E-state index in [2.05, 4.69) is 10.3 Å². The number of ether oxygens (including phenoxy) is 1. The monoisotopic (exact) mass is 440 g/mol. The number of thiazole rings is 1. The van der Waals surface area contributed by atoms with E-state index in [9.17, 15) is 9.59 Å². The summed E-state index contributed by atoms with van der Waals surface area (Å²) in [6, 6.07) is 5.62. The number of likely N-dealkylation sites (tertiary alicyclic amines) is 1. The second-order valence-corrected chi connectivity index (χ2v) is 8.99. The summed E-state index contributed by atoms with van der Waals surface area (Å²) < 4.78 is 7.16. The predicted molar refractivity (Wildman–Crippen MR) is 122 cm³/mol. The molecule has 1 fully saturated rings. The van der Waals surface area contributed by atoms with Crippen molar-refractivity contribution in [3.05, 3.63) is 47.2 Å². The van der Waals surface area contributed by atoms with Gasteiger partial charge in [-0.3, -0.25) is 14.0 Å². The molecule has 0 unspecified atom stereocenters. The van der Waals surface area contributed by atoms with Gasteiger partial charge in [0.25, 0.3) is 0 Å². The topological polar surface area (TPSA) is 75.9 Å². The third-order valence-corrected chi connectivity index (χ3v) is 6.61. The molecule has 3 aromatic rings. The van der Waals surface area contributed by atoms with Gasteiger partial charge in [-0.1, -0.05) is 0 Å². The highest BCUT2D eigenvalue weighted by molar-refractivity contribution is 7.15. The number of aryl methyl sites for hydroxylation is 1. The fourth-order valence-corrected chi connectivity index (χ4v) is 4.83. The molecule has 2 aromatic heterocycles. The first-order valence-electron chi connectivity index (χ1n) is 10.6. The SMILES string of the molecule is COc1ccc(NC(=O)CC[C@H]2CCCN(C(=O)Cc3cn4ccsc4n3)C2)c(C)c1. The molecule has 1 atom stereocenters. The third-order valence-electron chi connectivity index (χ3n) is 5.83. The summed E-state index contributed by atoms with van der Waals surface area (Å²) in [5.74, 6) is 1.26. The van der Waals surface area contributed by atoms with Crippen molar-refractivity contribution < 1.29 is 14.3 Å². The summed E-state index contributed by atoms with van der Waals surface area (Å²) in [5, 5.41) is 4.97. The molecule has 0 bridgehead atoms. The van der Waals surface area contributed by atoms with Crippen molar-refractivity contribution in [2.45, 2.75) is 39.0 Å². The molecule has 1 aliphatic heterocycles. The number of nitrogens with zero attached hydrogens (tertiary/aromatic N) is 3. The van der Waals surface area contributed by atoms with E-state index in [4.69, 9.17) is 4.74 Å². The summed E-state index contributed by atoms with van der Waals surface area (Å²) in [4.78, 5) is 32.6. The van der Waals surface area contributed by atoms with Gasteiger partial charge in [-0.2, -0.15) is 0 Å². The van der Waals surface area contributed by atoms with Crippen LogP contribution in [0.5, 0.6) is 5.75 Å². The molecule has 1 aliphatic rings. The molecule has 164 valence electrons. The molecule has 4 rings (SSSR count). The number of hydrogen-bond acceptors (Lipinski definition) is 5. The summed E-state index contributed by atoms with van der Waals surface area (Å²) in [7, 11) is 1.63. The first-order valence-corrected chi connectivity index (χ1v) is 11.5. The van der Waals surface area contributed by atoms with Crippen LogP contribution >= 0.6 is 11.3 Å². The van der Waals surface area contributed by atoms with Crippen LogP contribution in [-0.2, 0) is 16.0 Å². The Morgan fingerprint density at radius 1 is 1.35 bits per heavy atom. The summed E-state index contributed by atoms with van der Waals surface area (Å²) in [6.45, 7) is 3.46. The van der Waals surface area contributed by atoms with Gasteiger partial charge >= 0.3 is 0 Å². The van der Waals surface area contributed by atoms with Gasteiger partial charge in [0.15, 0.2) is 4.96 Å². The Labute approximate surface area is 186 Å². The second kappa shape index (κ2) is 9.51. The van der Waals surface area contributed by atoms with Crippen LogP contribution in [0.1, 0.15) is 36.9 Å². The summed E-state index contributed by atoms with van der Waals surface area (Å²) in [5.41, 5.74) is 2.60. The zero-order chi connectivity index (χ0) is 21.8. The number of carbonyl (C=O) groups is 2. The van der Waals surface area contributed by atoms with Crippen molar-refractivity contribution in [3.8, 4) is 5.75 Å². The van der Waals surface area contributed by atoms with Crippen LogP contribution in [0.4, 0.5) is 5.69 Å². The van der Waals surface area contributed by atoms with Crippen molar-refractivity contribution in [2.75, 3.05) is 25.5 Å². The lowest BCUT2D eigenvalue weighted by Gasteiger charge is -2.32.